The van der Waals surface area contributed by atoms with Crippen molar-refractivity contribution in [1.29, 1.82) is 0 Å². The molecule has 6 nitrogen and oxygen atoms in total. The standard InChI is InChI=1S/C31H31N3O3/c35-20-12-10-18(11-13-20)30(36)32-14-5-15-34-25-9-4-3-8-22(25)27-24-17-33-31(37)28(24)26-21-7-2-1-6-19(21)16-23(26)29(27)34/h1-4,6-13,23-24,26-29,35H,5,14-17H2,(H,32,36)(H,33,37). The molecule has 2 heterocycles. The number of nitrogens with one attached hydrogen (secondary N) is 2. The highest BCUT2D eigenvalue weighted by atomic mass is 16.3. The smallest absolute Gasteiger partial charge is 0.251 e. The molecule has 6 unspecified atom stereocenters. The van der Waals surface area contributed by atoms with Crippen LogP contribution in [0.2, 0.25) is 0 Å². The summed E-state index contributed by atoms with van der Waals surface area (Å²) in [6.45, 7) is 2.18. The summed E-state index contributed by atoms with van der Waals surface area (Å²) in [5.74, 6) is 1.58. The Morgan fingerprint density at radius 2 is 1.68 bits per heavy atom. The molecule has 7 rings (SSSR count). The van der Waals surface area contributed by atoms with E-state index in [-0.39, 0.29) is 29.4 Å². The topological polar surface area (TPSA) is 81.7 Å². The maximum Gasteiger partial charge on any atom is 0.251 e. The molecule has 0 aromatic heterocycles. The third-order valence-corrected chi connectivity index (χ3v) is 9.22. The van der Waals surface area contributed by atoms with Crippen LogP contribution in [-0.2, 0) is 11.2 Å². The first-order valence-corrected chi connectivity index (χ1v) is 13.4. The lowest BCUT2D eigenvalue weighted by Crippen LogP contribution is -2.51. The molecule has 0 spiro atoms. The minimum absolute atomic E-state index is 0.0347. The number of phenolic OH excluding ortho intramolecular Hbond substituents is 1. The Hall–Kier alpha value is -3.80. The number of phenols is 1. The molecule has 37 heavy (non-hydrogen) atoms. The van der Waals surface area contributed by atoms with E-state index in [0.717, 1.165) is 25.9 Å². The van der Waals surface area contributed by atoms with E-state index in [1.165, 1.54) is 34.5 Å². The van der Waals surface area contributed by atoms with Crippen molar-refractivity contribution >= 4 is 17.5 Å². The fourth-order valence-corrected chi connectivity index (χ4v) is 7.87. The quantitative estimate of drug-likeness (QED) is 0.472. The van der Waals surface area contributed by atoms with Crippen LogP contribution in [-0.4, -0.2) is 42.6 Å². The lowest BCUT2D eigenvalue weighted by atomic mass is 9.60. The van der Waals surface area contributed by atoms with Crippen LogP contribution in [0.4, 0.5) is 5.69 Å². The van der Waals surface area contributed by atoms with Gasteiger partial charge < -0.3 is 20.6 Å². The minimum Gasteiger partial charge on any atom is -0.508 e. The average molecular weight is 494 g/mol. The van der Waals surface area contributed by atoms with E-state index in [2.05, 4.69) is 64.1 Å². The fraction of sp³-hybridized carbons (Fsp3) is 0.355. The van der Waals surface area contributed by atoms with Gasteiger partial charge in [-0.1, -0.05) is 42.5 Å². The largest absolute Gasteiger partial charge is 0.508 e. The van der Waals surface area contributed by atoms with Crippen LogP contribution in [0.3, 0.4) is 0 Å². The number of amides is 2. The second-order valence-corrected chi connectivity index (χ2v) is 11.0. The van der Waals surface area contributed by atoms with Gasteiger partial charge in [-0.15, -0.1) is 0 Å². The molecule has 2 amide bonds. The number of para-hydroxylation sites is 1. The first-order chi connectivity index (χ1) is 18.1. The molecular weight excluding hydrogens is 462 g/mol. The highest BCUT2D eigenvalue weighted by Gasteiger charge is 2.61. The second kappa shape index (κ2) is 8.65. The number of hydrogen-bond donors (Lipinski definition) is 3. The molecule has 2 aliphatic heterocycles. The number of anilines is 1. The van der Waals surface area contributed by atoms with Crippen LogP contribution in [0.5, 0.6) is 5.75 Å². The zero-order valence-electron chi connectivity index (χ0n) is 20.6. The summed E-state index contributed by atoms with van der Waals surface area (Å²) in [4.78, 5) is 28.3. The Labute approximate surface area is 216 Å². The predicted molar refractivity (Wildman–Crippen MR) is 142 cm³/mol. The van der Waals surface area contributed by atoms with Gasteiger partial charge in [-0.2, -0.15) is 0 Å². The highest BCUT2D eigenvalue weighted by Crippen LogP contribution is 2.62. The van der Waals surface area contributed by atoms with Crippen molar-refractivity contribution in [3.63, 3.8) is 0 Å². The van der Waals surface area contributed by atoms with Gasteiger partial charge in [-0.3, -0.25) is 9.59 Å². The van der Waals surface area contributed by atoms with E-state index < -0.39 is 0 Å². The molecular formula is C31H31N3O3. The first-order valence-electron chi connectivity index (χ1n) is 13.4. The van der Waals surface area contributed by atoms with E-state index in [1.54, 1.807) is 12.1 Å². The zero-order chi connectivity index (χ0) is 25.1. The van der Waals surface area contributed by atoms with E-state index in [0.29, 0.717) is 35.9 Å². The Balaban J connectivity index is 1.16. The maximum absolute atomic E-state index is 13.2. The predicted octanol–water partition coefficient (Wildman–Crippen LogP) is 3.82. The lowest BCUT2D eigenvalue weighted by molar-refractivity contribution is -0.125. The Morgan fingerprint density at radius 1 is 0.919 bits per heavy atom. The Kier molecular flexibility index (Phi) is 5.24. The summed E-state index contributed by atoms with van der Waals surface area (Å²) in [6.07, 6.45) is 1.84. The van der Waals surface area contributed by atoms with Gasteiger partial charge in [0.05, 0.1) is 5.92 Å². The van der Waals surface area contributed by atoms with Crippen molar-refractivity contribution in [3.05, 3.63) is 95.1 Å². The number of fused-ring (bicyclic) bond motifs is 10. The van der Waals surface area contributed by atoms with E-state index in [4.69, 9.17) is 0 Å². The number of carbonyl (C=O) groups excluding carboxylic acids is 2. The molecule has 1 saturated carbocycles. The number of nitrogens with zero attached hydrogens (tertiary/aromatic N) is 1. The minimum atomic E-state index is -0.123. The zero-order valence-corrected chi connectivity index (χ0v) is 20.6. The second-order valence-electron chi connectivity index (χ2n) is 11.0. The summed E-state index contributed by atoms with van der Waals surface area (Å²) in [7, 11) is 0. The highest BCUT2D eigenvalue weighted by molar-refractivity contribution is 5.94. The van der Waals surface area contributed by atoms with Crippen LogP contribution in [0.1, 0.15) is 45.3 Å². The van der Waals surface area contributed by atoms with Crippen LogP contribution < -0.4 is 15.5 Å². The normalized spacial score (nSPS) is 28.5. The first kappa shape index (κ1) is 22.4. The van der Waals surface area contributed by atoms with Gasteiger partial charge in [0.15, 0.2) is 0 Å². The van der Waals surface area contributed by atoms with Crippen molar-refractivity contribution < 1.29 is 14.7 Å². The van der Waals surface area contributed by atoms with Crippen molar-refractivity contribution in [1.82, 2.24) is 10.6 Å². The fourth-order valence-electron chi connectivity index (χ4n) is 7.87. The summed E-state index contributed by atoms with van der Waals surface area (Å²) in [6, 6.07) is 24.2. The van der Waals surface area contributed by atoms with Crippen LogP contribution in [0.25, 0.3) is 0 Å². The van der Waals surface area contributed by atoms with E-state index in [9.17, 15) is 14.7 Å². The Morgan fingerprint density at radius 3 is 2.51 bits per heavy atom. The molecule has 2 aliphatic carbocycles. The van der Waals surface area contributed by atoms with Gasteiger partial charge in [0, 0.05) is 48.8 Å². The number of benzene rings is 3. The summed E-state index contributed by atoms with van der Waals surface area (Å²) < 4.78 is 0. The van der Waals surface area contributed by atoms with Gasteiger partial charge >= 0.3 is 0 Å². The number of hydrogen-bond acceptors (Lipinski definition) is 4. The van der Waals surface area contributed by atoms with Crippen molar-refractivity contribution in [2.45, 2.75) is 30.7 Å². The van der Waals surface area contributed by atoms with Crippen molar-refractivity contribution in [2.24, 2.45) is 17.8 Å². The van der Waals surface area contributed by atoms with Crippen LogP contribution >= 0.6 is 0 Å². The SMILES string of the molecule is O=C(NCCCN1c2ccccc2C2C3CNC(=O)C3C3c4ccccc4CC3C21)c1ccc(O)cc1. The molecule has 0 radical (unpaired) electrons. The molecule has 3 N–H and O–H groups in total. The van der Waals surface area contributed by atoms with E-state index in [1.807, 2.05) is 0 Å². The summed E-state index contributed by atoms with van der Waals surface area (Å²) in [5.41, 5.74) is 5.98. The molecule has 188 valence electrons. The average Bonchev–Trinajstić information content (AvgIpc) is 3.58. The third kappa shape index (κ3) is 3.45. The number of aromatic hydroxyl groups is 1. The summed E-state index contributed by atoms with van der Waals surface area (Å²) >= 11 is 0. The van der Waals surface area contributed by atoms with E-state index >= 15 is 0 Å². The van der Waals surface area contributed by atoms with Gasteiger partial charge in [0.25, 0.3) is 5.91 Å². The van der Waals surface area contributed by atoms with Gasteiger partial charge in [-0.25, -0.2) is 0 Å². The van der Waals surface area contributed by atoms with Gasteiger partial charge in [0.1, 0.15) is 5.75 Å². The molecule has 3 aromatic carbocycles. The molecule has 6 heteroatoms. The van der Waals surface area contributed by atoms with Crippen LogP contribution in [0.15, 0.2) is 72.8 Å². The summed E-state index contributed by atoms with van der Waals surface area (Å²) in [5, 5.41) is 15.7. The van der Waals surface area contributed by atoms with Crippen LogP contribution in [0, 0.1) is 17.8 Å². The molecule has 3 aromatic rings. The maximum atomic E-state index is 13.2. The van der Waals surface area contributed by atoms with Gasteiger partial charge in [-0.05, 0) is 71.7 Å². The molecule has 1 saturated heterocycles. The molecule has 0 bridgehead atoms. The number of rotatable bonds is 5. The van der Waals surface area contributed by atoms with Crippen molar-refractivity contribution in [2.75, 3.05) is 24.5 Å². The monoisotopic (exact) mass is 493 g/mol. The Bertz CT molecular complexity index is 1370. The van der Waals surface area contributed by atoms with Crippen molar-refractivity contribution in [3.8, 4) is 5.75 Å². The third-order valence-electron chi connectivity index (χ3n) is 9.22. The van der Waals surface area contributed by atoms with Gasteiger partial charge in [0.2, 0.25) is 5.91 Å². The molecule has 2 fully saturated rings. The lowest BCUT2D eigenvalue weighted by Gasteiger charge is -2.47. The molecule has 4 aliphatic rings. The number of carbonyl (C=O) groups is 2. The molecule has 6 atom stereocenters.